The maximum Gasteiger partial charge on any atom is 0.481 e. The first-order valence-electron chi connectivity index (χ1n) is 16.7. The highest BCUT2D eigenvalue weighted by molar-refractivity contribution is 6.47. The summed E-state index contributed by atoms with van der Waals surface area (Å²) in [6, 6.07) is 7.64. The molecular weight excluding hydrogens is 589 g/mol. The van der Waals surface area contributed by atoms with Gasteiger partial charge in [0.15, 0.2) is 10.8 Å². The van der Waals surface area contributed by atoms with Crippen LogP contribution in [0.3, 0.4) is 0 Å². The SMILES string of the molecule is CC(C)C[C@H](NC(=O)[C@H](CCCN=C(N)N[N+](=O)[O-])CC(=O)COc1ccc(C(C)C)cc1)B1O[C@@H]2C[C@H]3C[C@H](C3(C)C)[C@]2(C)O1. The molecule has 1 aromatic carbocycles. The van der Waals surface area contributed by atoms with Crippen molar-refractivity contribution in [2.75, 3.05) is 13.2 Å². The summed E-state index contributed by atoms with van der Waals surface area (Å²) in [4.78, 5) is 41.6. The van der Waals surface area contributed by atoms with Crippen molar-refractivity contribution in [2.24, 2.45) is 39.8 Å². The lowest BCUT2D eigenvalue weighted by atomic mass is 9.43. The fraction of sp³-hybridized carbons (Fsp3) is 0.727. The minimum atomic E-state index is -0.785. The van der Waals surface area contributed by atoms with Crippen LogP contribution in [0.15, 0.2) is 29.3 Å². The predicted molar refractivity (Wildman–Crippen MR) is 176 cm³/mol. The van der Waals surface area contributed by atoms with E-state index < -0.39 is 23.7 Å². The Balaban J connectivity index is 1.42. The van der Waals surface area contributed by atoms with Gasteiger partial charge >= 0.3 is 7.12 Å². The molecule has 5 rings (SSSR count). The van der Waals surface area contributed by atoms with Crippen molar-refractivity contribution in [3.63, 3.8) is 0 Å². The first kappa shape index (κ1) is 35.7. The van der Waals surface area contributed by atoms with Crippen LogP contribution in [-0.4, -0.2) is 60.6 Å². The van der Waals surface area contributed by atoms with E-state index in [-0.39, 0.29) is 60.6 Å². The molecule has 0 aromatic heterocycles. The Morgan fingerprint density at radius 3 is 2.48 bits per heavy atom. The van der Waals surface area contributed by atoms with Gasteiger partial charge < -0.3 is 25.1 Å². The first-order chi connectivity index (χ1) is 21.6. The fourth-order valence-electron chi connectivity index (χ4n) is 7.56. The highest BCUT2D eigenvalue weighted by atomic mass is 16.7. The number of hydrogen-bond acceptors (Lipinski definition) is 8. The Kier molecular flexibility index (Phi) is 11.4. The summed E-state index contributed by atoms with van der Waals surface area (Å²) in [5, 5.41) is 13.0. The molecule has 1 heterocycles. The smallest absolute Gasteiger partial charge is 0.481 e. The summed E-state index contributed by atoms with van der Waals surface area (Å²) in [7, 11) is -0.581. The molecule has 1 amide bonds. The van der Waals surface area contributed by atoms with Crippen molar-refractivity contribution in [2.45, 2.75) is 111 Å². The van der Waals surface area contributed by atoms with Crippen LogP contribution in [0.1, 0.15) is 98.5 Å². The van der Waals surface area contributed by atoms with Crippen LogP contribution in [0.4, 0.5) is 0 Å². The van der Waals surface area contributed by atoms with Crippen molar-refractivity contribution in [3.8, 4) is 5.75 Å². The van der Waals surface area contributed by atoms with E-state index in [4.69, 9.17) is 19.8 Å². The number of hydrogen-bond donors (Lipinski definition) is 3. The third-order valence-electron chi connectivity index (χ3n) is 10.3. The van der Waals surface area contributed by atoms with Gasteiger partial charge in [-0.1, -0.05) is 59.1 Å². The van der Waals surface area contributed by atoms with Crippen molar-refractivity contribution in [3.05, 3.63) is 39.9 Å². The summed E-state index contributed by atoms with van der Waals surface area (Å²) in [5.41, 5.74) is 8.32. The van der Waals surface area contributed by atoms with Crippen LogP contribution in [0.2, 0.25) is 0 Å². The number of nitrogens with one attached hydrogen (secondary N) is 2. The van der Waals surface area contributed by atoms with Crippen LogP contribution >= 0.6 is 0 Å². The number of benzene rings is 1. The number of carbonyl (C=O) groups is 2. The van der Waals surface area contributed by atoms with Crippen LogP contribution in [-0.2, 0) is 18.9 Å². The molecule has 0 spiro atoms. The zero-order valence-electron chi connectivity index (χ0n) is 28.4. The van der Waals surface area contributed by atoms with E-state index >= 15 is 0 Å². The van der Waals surface area contributed by atoms with Crippen molar-refractivity contribution in [1.82, 2.24) is 10.7 Å². The number of rotatable bonds is 16. The lowest BCUT2D eigenvalue weighted by molar-refractivity contribution is -0.525. The number of nitrogens with zero attached hydrogens (tertiary/aromatic N) is 2. The zero-order chi connectivity index (χ0) is 33.8. The van der Waals surface area contributed by atoms with Gasteiger partial charge in [-0.3, -0.25) is 9.59 Å². The minimum absolute atomic E-state index is 0.0129. The minimum Gasteiger partial charge on any atom is -0.486 e. The number of guanidine groups is 1. The Morgan fingerprint density at radius 1 is 1.17 bits per heavy atom. The number of amides is 1. The highest BCUT2D eigenvalue weighted by Crippen LogP contribution is 2.65. The van der Waals surface area contributed by atoms with Crippen molar-refractivity contribution >= 4 is 24.8 Å². The van der Waals surface area contributed by atoms with E-state index in [9.17, 15) is 19.7 Å². The number of nitrogens with two attached hydrogens (primary N) is 1. The van der Waals surface area contributed by atoms with Gasteiger partial charge in [0.05, 0.1) is 17.6 Å². The quantitative estimate of drug-likeness (QED) is 0.0590. The fourth-order valence-corrected chi connectivity index (χ4v) is 7.56. The number of carbonyl (C=O) groups excluding carboxylic acids is 2. The lowest BCUT2D eigenvalue weighted by Crippen LogP contribution is -2.65. The molecule has 1 aromatic rings. The molecule has 3 saturated carbocycles. The van der Waals surface area contributed by atoms with Crippen LogP contribution in [0, 0.1) is 39.2 Å². The topological polar surface area (TPSA) is 167 Å². The average Bonchev–Trinajstić information content (AvgIpc) is 3.34. The Bertz CT molecular complexity index is 1270. The monoisotopic (exact) mass is 641 g/mol. The van der Waals surface area contributed by atoms with Crippen LogP contribution in [0.5, 0.6) is 5.75 Å². The summed E-state index contributed by atoms with van der Waals surface area (Å²) < 4.78 is 19.0. The van der Waals surface area contributed by atoms with Gasteiger partial charge in [-0.2, -0.15) is 0 Å². The summed E-state index contributed by atoms with van der Waals surface area (Å²) in [5.74, 6) is 0.397. The van der Waals surface area contributed by atoms with E-state index in [1.807, 2.05) is 29.7 Å². The number of ketones is 1. The molecule has 1 saturated heterocycles. The molecule has 46 heavy (non-hydrogen) atoms. The maximum atomic E-state index is 13.9. The van der Waals surface area contributed by atoms with Crippen LogP contribution < -0.4 is 21.2 Å². The van der Waals surface area contributed by atoms with Crippen molar-refractivity contribution < 1.29 is 28.7 Å². The molecule has 2 bridgehead atoms. The molecular formula is C33H52BN5O7. The van der Waals surface area contributed by atoms with Gasteiger partial charge in [0, 0.05) is 18.9 Å². The third-order valence-corrected chi connectivity index (χ3v) is 10.3. The molecule has 254 valence electrons. The second-order valence-corrected chi connectivity index (χ2v) is 14.8. The van der Waals surface area contributed by atoms with E-state index in [1.54, 1.807) is 0 Å². The van der Waals surface area contributed by atoms with Crippen molar-refractivity contribution in [1.29, 1.82) is 0 Å². The summed E-state index contributed by atoms with van der Waals surface area (Å²) in [6.45, 7) is 15.2. The van der Waals surface area contributed by atoms with Crippen LogP contribution in [0.25, 0.3) is 0 Å². The molecule has 3 aliphatic carbocycles. The molecule has 0 unspecified atom stereocenters. The number of nitro groups is 1. The average molecular weight is 642 g/mol. The Hall–Kier alpha value is -3.19. The highest BCUT2D eigenvalue weighted by Gasteiger charge is 2.68. The first-order valence-corrected chi connectivity index (χ1v) is 16.7. The second kappa shape index (κ2) is 14.7. The van der Waals surface area contributed by atoms with Gasteiger partial charge in [0.25, 0.3) is 5.96 Å². The van der Waals surface area contributed by atoms with Gasteiger partial charge in [-0.25, -0.2) is 15.1 Å². The predicted octanol–water partition coefficient (Wildman–Crippen LogP) is 4.44. The van der Waals surface area contributed by atoms with E-state index in [2.05, 4.69) is 58.8 Å². The molecule has 13 heteroatoms. The number of ether oxygens (including phenoxy) is 1. The van der Waals surface area contributed by atoms with E-state index in [1.165, 1.54) is 5.56 Å². The molecule has 4 N–H and O–H groups in total. The molecule has 0 radical (unpaired) electrons. The number of aliphatic imine (C=N–C) groups is 1. The van der Waals surface area contributed by atoms with Gasteiger partial charge in [-0.15, -0.1) is 0 Å². The normalized spacial score (nSPS) is 26.2. The molecule has 12 nitrogen and oxygen atoms in total. The molecule has 6 atom stereocenters. The van der Waals surface area contributed by atoms with E-state index in [0.29, 0.717) is 42.8 Å². The summed E-state index contributed by atoms with van der Waals surface area (Å²) in [6.07, 6.45) is 3.42. The standard InChI is InChI=1S/C33H52BN5O7/c1-20(2)15-29(34-45-28-18-24-17-27(32(24,5)6)33(28,7)46-34)37-30(41)23(9-8-14-36-31(35)38-39(42)43)16-25(40)19-44-26-12-10-22(11-13-26)21(3)4/h10-13,20-21,23-24,27-29H,8-9,14-19H2,1-7H3,(H,37,41)(H3,35,36,38)/t23-,24-,27-,28-,29+,33+/m1/s1. The number of Topliss-reactive ketones (excluding diaryl/α,β-unsaturated/α-hetero) is 1. The van der Waals surface area contributed by atoms with Gasteiger partial charge in [-0.05, 0) is 85.8 Å². The molecule has 4 fully saturated rings. The Morgan fingerprint density at radius 2 is 1.87 bits per heavy atom. The van der Waals surface area contributed by atoms with E-state index in [0.717, 1.165) is 12.8 Å². The Labute approximate surface area is 273 Å². The summed E-state index contributed by atoms with van der Waals surface area (Å²) >= 11 is 0. The van der Waals surface area contributed by atoms with Gasteiger partial charge in [0.1, 0.15) is 12.4 Å². The second-order valence-electron chi connectivity index (χ2n) is 14.8. The number of hydrazine groups is 1. The lowest BCUT2D eigenvalue weighted by Gasteiger charge is -2.64. The largest absolute Gasteiger partial charge is 0.486 e. The third kappa shape index (κ3) is 8.39. The van der Waals surface area contributed by atoms with Gasteiger partial charge in [0.2, 0.25) is 5.91 Å². The molecule has 1 aliphatic heterocycles. The zero-order valence-corrected chi connectivity index (χ0v) is 28.4. The molecule has 4 aliphatic rings. The maximum absolute atomic E-state index is 13.9.